The van der Waals surface area contributed by atoms with Crippen molar-refractivity contribution in [2.45, 2.75) is 32.2 Å². The average Bonchev–Trinajstić information content (AvgIpc) is 3.06. The highest BCUT2D eigenvalue weighted by atomic mass is 79.9. The number of hydrogen-bond acceptors (Lipinski definition) is 4. The minimum Gasteiger partial charge on any atom is -0.308 e. The number of thiocarbonyl (C=S) groups is 1. The maximum Gasteiger partial charge on any atom is 0.137 e. The van der Waals surface area contributed by atoms with E-state index in [1.54, 1.807) is 6.07 Å². The van der Waals surface area contributed by atoms with Crippen molar-refractivity contribution in [1.82, 2.24) is 10.4 Å². The molecule has 30 heavy (non-hydrogen) atoms. The van der Waals surface area contributed by atoms with Gasteiger partial charge in [-0.3, -0.25) is 5.01 Å². The number of nitrogens with one attached hydrogen (secondary N) is 1. The molecule has 2 aromatic carbocycles. The minimum absolute atomic E-state index is 0.0205. The third-order valence-electron chi connectivity index (χ3n) is 5.60. The molecule has 2 atom stereocenters. The van der Waals surface area contributed by atoms with Gasteiger partial charge in [-0.05, 0) is 48.7 Å². The summed E-state index contributed by atoms with van der Waals surface area (Å²) in [5, 5.41) is 10.3. The van der Waals surface area contributed by atoms with Crippen molar-refractivity contribution in [1.29, 1.82) is 0 Å². The zero-order valence-electron chi connectivity index (χ0n) is 16.6. The molecule has 0 saturated carbocycles. The third kappa shape index (κ3) is 4.68. The molecule has 0 aliphatic carbocycles. The first kappa shape index (κ1) is 22.0. The third-order valence-corrected chi connectivity index (χ3v) is 6.97. The fraction of sp³-hybridized carbons (Fsp3) is 0.364. The Labute approximate surface area is 201 Å². The van der Waals surface area contributed by atoms with Gasteiger partial charge >= 0.3 is 0 Å². The van der Waals surface area contributed by atoms with Crippen LogP contribution in [0, 0.1) is 5.92 Å². The second-order valence-corrected chi connectivity index (χ2v) is 9.87. The predicted octanol–water partition coefficient (Wildman–Crippen LogP) is 6.63. The Morgan fingerprint density at radius 2 is 1.80 bits per heavy atom. The summed E-state index contributed by atoms with van der Waals surface area (Å²) in [5.74, 6) is 0.0858. The first-order valence-electron chi connectivity index (χ1n) is 10.1. The fourth-order valence-electron chi connectivity index (χ4n) is 4.05. The fourth-order valence-corrected chi connectivity index (χ4v) is 5.17. The van der Waals surface area contributed by atoms with Crippen molar-refractivity contribution in [3.63, 3.8) is 0 Å². The average molecular weight is 526 g/mol. The Morgan fingerprint density at radius 1 is 1.10 bits per heavy atom. The smallest absolute Gasteiger partial charge is 0.137 e. The standard InChI is InChI=1S/C22H23BrCl2N4S/c1-14-20(22(30)27-28-11-3-2-4-12-28)26-29(19-10-9-17(24)13-18(19)25)21(14)15-5-7-16(23)8-6-15/h5-10,13-14,21H,2-4,11-12H2,1H3,(H,27,30)/t14-,21+/m1/s1. The van der Waals surface area contributed by atoms with Crippen LogP contribution in [0.5, 0.6) is 0 Å². The summed E-state index contributed by atoms with van der Waals surface area (Å²) >= 11 is 22.0. The minimum atomic E-state index is -0.0205. The van der Waals surface area contributed by atoms with Gasteiger partial charge < -0.3 is 5.43 Å². The molecular weight excluding hydrogens is 503 g/mol. The molecule has 158 valence electrons. The number of rotatable bonds is 4. The zero-order valence-corrected chi connectivity index (χ0v) is 20.5. The van der Waals surface area contributed by atoms with E-state index >= 15 is 0 Å². The number of hydrogen-bond donors (Lipinski definition) is 1. The van der Waals surface area contributed by atoms with Crippen LogP contribution in [-0.2, 0) is 0 Å². The van der Waals surface area contributed by atoms with Crippen LogP contribution in [0.1, 0.15) is 37.8 Å². The van der Waals surface area contributed by atoms with Crippen molar-refractivity contribution in [2.24, 2.45) is 11.0 Å². The second kappa shape index (κ2) is 9.53. The van der Waals surface area contributed by atoms with Gasteiger partial charge in [0.05, 0.1) is 16.8 Å². The molecule has 8 heteroatoms. The van der Waals surface area contributed by atoms with Crippen LogP contribution in [0.2, 0.25) is 10.0 Å². The lowest BCUT2D eigenvalue weighted by molar-refractivity contribution is 0.197. The molecular formula is C22H23BrCl2N4S. The molecule has 4 nitrogen and oxygen atoms in total. The van der Waals surface area contributed by atoms with Crippen LogP contribution in [0.15, 0.2) is 52.0 Å². The summed E-state index contributed by atoms with van der Waals surface area (Å²) in [6.45, 7) is 4.18. The van der Waals surface area contributed by atoms with Crippen LogP contribution in [0.4, 0.5) is 5.69 Å². The molecule has 0 spiro atoms. The van der Waals surface area contributed by atoms with Crippen LogP contribution in [0.25, 0.3) is 0 Å². The highest BCUT2D eigenvalue weighted by Crippen LogP contribution is 2.42. The van der Waals surface area contributed by atoms with Gasteiger partial charge in [0.15, 0.2) is 0 Å². The van der Waals surface area contributed by atoms with Crippen LogP contribution in [0.3, 0.4) is 0 Å². The Hall–Kier alpha value is -1.18. The van der Waals surface area contributed by atoms with Gasteiger partial charge in [-0.25, -0.2) is 5.01 Å². The second-order valence-electron chi connectivity index (χ2n) is 7.70. The van der Waals surface area contributed by atoms with Gasteiger partial charge in [0.2, 0.25) is 0 Å². The monoisotopic (exact) mass is 524 g/mol. The highest BCUT2D eigenvalue weighted by molar-refractivity contribution is 9.10. The summed E-state index contributed by atoms with van der Waals surface area (Å²) < 4.78 is 1.04. The largest absolute Gasteiger partial charge is 0.308 e. The normalized spacial score (nSPS) is 22.1. The number of piperidine rings is 1. The summed E-state index contributed by atoms with van der Waals surface area (Å²) in [6.07, 6.45) is 3.65. The molecule has 1 N–H and O–H groups in total. The first-order valence-corrected chi connectivity index (χ1v) is 12.0. The first-order chi connectivity index (χ1) is 14.4. The van der Waals surface area contributed by atoms with Crippen molar-refractivity contribution in [3.8, 4) is 0 Å². The molecule has 2 aromatic rings. The molecule has 0 aromatic heterocycles. The number of nitrogens with zero attached hydrogens (tertiary/aromatic N) is 3. The molecule has 4 rings (SSSR count). The molecule has 0 unspecified atom stereocenters. The quantitative estimate of drug-likeness (QED) is 0.454. The van der Waals surface area contributed by atoms with E-state index in [1.807, 2.05) is 29.3 Å². The number of anilines is 1. The summed E-state index contributed by atoms with van der Waals surface area (Å²) in [4.78, 5) is 0.680. The van der Waals surface area contributed by atoms with Crippen LogP contribution < -0.4 is 10.4 Å². The molecule has 1 fully saturated rings. The number of halogens is 3. The maximum absolute atomic E-state index is 6.56. The number of benzene rings is 2. The van der Waals surface area contributed by atoms with Crippen molar-refractivity contribution < 1.29 is 0 Å². The molecule has 2 aliphatic rings. The topological polar surface area (TPSA) is 30.9 Å². The van der Waals surface area contributed by atoms with Crippen molar-refractivity contribution in [2.75, 3.05) is 18.1 Å². The lowest BCUT2D eigenvalue weighted by Gasteiger charge is -2.29. The highest BCUT2D eigenvalue weighted by Gasteiger charge is 2.39. The SMILES string of the molecule is C[C@@H]1C(C(=S)NN2CCCCC2)=NN(c2ccc(Cl)cc2Cl)[C@@H]1c1ccc(Br)cc1. The van der Waals surface area contributed by atoms with Gasteiger partial charge in [0, 0.05) is 28.5 Å². The molecule has 0 radical (unpaired) electrons. The van der Waals surface area contributed by atoms with E-state index in [-0.39, 0.29) is 12.0 Å². The van der Waals surface area contributed by atoms with Crippen molar-refractivity contribution in [3.05, 3.63) is 62.5 Å². The van der Waals surface area contributed by atoms with Gasteiger partial charge in [-0.15, -0.1) is 0 Å². The van der Waals surface area contributed by atoms with Gasteiger partial charge in [-0.2, -0.15) is 5.10 Å². The van der Waals surface area contributed by atoms with E-state index in [4.69, 9.17) is 40.5 Å². The Bertz CT molecular complexity index is 960. The molecule has 2 heterocycles. The Kier molecular flexibility index (Phi) is 7.00. The molecule has 1 saturated heterocycles. The summed E-state index contributed by atoms with van der Waals surface area (Å²) in [6, 6.07) is 13.8. The lowest BCUT2D eigenvalue weighted by atomic mass is 9.91. The Balaban J connectivity index is 1.68. The zero-order chi connectivity index (χ0) is 21.3. The predicted molar refractivity (Wildman–Crippen MR) is 134 cm³/mol. The van der Waals surface area contributed by atoms with Crippen LogP contribution in [-0.4, -0.2) is 28.8 Å². The van der Waals surface area contributed by atoms with E-state index in [1.165, 1.54) is 19.3 Å². The van der Waals surface area contributed by atoms with E-state index in [9.17, 15) is 0 Å². The van der Waals surface area contributed by atoms with Crippen LogP contribution >= 0.6 is 51.3 Å². The maximum atomic E-state index is 6.56. The van der Waals surface area contributed by atoms with E-state index in [0.29, 0.717) is 15.0 Å². The number of hydrazone groups is 1. The lowest BCUT2D eigenvalue weighted by Crippen LogP contribution is -2.47. The summed E-state index contributed by atoms with van der Waals surface area (Å²) in [5.41, 5.74) is 6.25. The summed E-state index contributed by atoms with van der Waals surface area (Å²) in [7, 11) is 0. The van der Waals surface area contributed by atoms with Gasteiger partial charge in [-0.1, -0.05) is 76.8 Å². The van der Waals surface area contributed by atoms with Gasteiger partial charge in [0.25, 0.3) is 0 Å². The van der Waals surface area contributed by atoms with Crippen molar-refractivity contribution >= 4 is 67.7 Å². The number of hydrazine groups is 1. The van der Waals surface area contributed by atoms with E-state index in [0.717, 1.165) is 34.5 Å². The molecule has 0 bridgehead atoms. The molecule has 0 amide bonds. The van der Waals surface area contributed by atoms with E-state index < -0.39 is 0 Å². The van der Waals surface area contributed by atoms with Gasteiger partial charge in [0.1, 0.15) is 10.7 Å². The molecule has 2 aliphatic heterocycles. The Morgan fingerprint density at radius 3 is 2.47 bits per heavy atom. The van der Waals surface area contributed by atoms with E-state index in [2.05, 4.69) is 45.4 Å².